The van der Waals surface area contributed by atoms with E-state index in [0.29, 0.717) is 28.1 Å². The molecule has 2 atom stereocenters. The van der Waals surface area contributed by atoms with Crippen LogP contribution in [-0.4, -0.2) is 41.5 Å². The number of benzene rings is 3. The van der Waals surface area contributed by atoms with Gasteiger partial charge in [0.1, 0.15) is 5.78 Å². The standard InChI is InChI=1S/C27H35N2O5P/c1-19(2)34-35(30,23-15-13-22(14-16-23)29(3)4)27(28-21-11-9-8-10-12-21)20-17-24(31-5)26(33-7)25(18-20)32-6/h8-19,27-28H,1-7H3/t27-,35-/m1/s1. The summed E-state index contributed by atoms with van der Waals surface area (Å²) in [5, 5.41) is 4.08. The molecule has 0 radical (unpaired) electrons. The topological polar surface area (TPSA) is 69.3 Å². The summed E-state index contributed by atoms with van der Waals surface area (Å²) in [6.45, 7) is 3.77. The molecule has 0 aromatic heterocycles. The van der Waals surface area contributed by atoms with Gasteiger partial charge < -0.3 is 29.0 Å². The summed E-state index contributed by atoms with van der Waals surface area (Å²) in [6.07, 6.45) is -0.281. The molecule has 0 amide bonds. The molecular weight excluding hydrogens is 463 g/mol. The van der Waals surface area contributed by atoms with Gasteiger partial charge in [0.2, 0.25) is 5.75 Å². The van der Waals surface area contributed by atoms with Gasteiger partial charge in [-0.2, -0.15) is 0 Å². The molecule has 8 heteroatoms. The van der Waals surface area contributed by atoms with Crippen LogP contribution in [0, 0.1) is 0 Å². The van der Waals surface area contributed by atoms with Gasteiger partial charge in [-0.05, 0) is 67.9 Å². The summed E-state index contributed by atoms with van der Waals surface area (Å²) in [5.41, 5.74) is 2.50. The van der Waals surface area contributed by atoms with Gasteiger partial charge in [-0.25, -0.2) is 0 Å². The normalized spacial score (nSPS) is 13.6. The number of rotatable bonds is 11. The summed E-state index contributed by atoms with van der Waals surface area (Å²) in [4.78, 5) is 2.00. The lowest BCUT2D eigenvalue weighted by Crippen LogP contribution is -2.23. The molecule has 0 spiro atoms. The quantitative estimate of drug-likeness (QED) is 0.329. The van der Waals surface area contributed by atoms with Crippen molar-refractivity contribution in [2.75, 3.05) is 45.6 Å². The van der Waals surface area contributed by atoms with Crippen LogP contribution in [0.5, 0.6) is 17.2 Å². The summed E-state index contributed by atoms with van der Waals surface area (Å²) in [7, 11) is 5.07. The Morgan fingerprint density at radius 2 is 1.40 bits per heavy atom. The van der Waals surface area contributed by atoms with Crippen molar-refractivity contribution in [3.8, 4) is 17.2 Å². The zero-order chi connectivity index (χ0) is 25.6. The summed E-state index contributed by atoms with van der Waals surface area (Å²) >= 11 is 0. The second-order valence-electron chi connectivity index (χ2n) is 8.53. The van der Waals surface area contributed by atoms with Crippen LogP contribution < -0.4 is 29.7 Å². The second kappa shape index (κ2) is 11.5. The van der Waals surface area contributed by atoms with Crippen LogP contribution in [0.25, 0.3) is 0 Å². The van der Waals surface area contributed by atoms with Crippen molar-refractivity contribution in [1.82, 2.24) is 0 Å². The number of anilines is 2. The van der Waals surface area contributed by atoms with Crippen molar-refractivity contribution in [3.63, 3.8) is 0 Å². The fourth-order valence-corrected chi connectivity index (χ4v) is 6.45. The number of para-hydroxylation sites is 1. The number of nitrogens with zero attached hydrogens (tertiary/aromatic N) is 1. The van der Waals surface area contributed by atoms with Gasteiger partial charge in [-0.1, -0.05) is 18.2 Å². The number of methoxy groups -OCH3 is 3. The lowest BCUT2D eigenvalue weighted by Gasteiger charge is -2.32. The molecular formula is C27H35N2O5P. The molecule has 0 fully saturated rings. The first-order chi connectivity index (χ1) is 16.7. The van der Waals surface area contributed by atoms with Gasteiger partial charge in [-0.3, -0.25) is 4.57 Å². The zero-order valence-electron chi connectivity index (χ0n) is 21.4. The monoisotopic (exact) mass is 498 g/mol. The van der Waals surface area contributed by atoms with Gasteiger partial charge in [0.05, 0.1) is 27.4 Å². The Kier molecular flexibility index (Phi) is 8.71. The molecule has 0 bridgehead atoms. The fourth-order valence-electron chi connectivity index (χ4n) is 3.86. The van der Waals surface area contributed by atoms with E-state index in [0.717, 1.165) is 11.4 Å². The largest absolute Gasteiger partial charge is 0.493 e. The minimum Gasteiger partial charge on any atom is -0.493 e. The van der Waals surface area contributed by atoms with Crippen LogP contribution >= 0.6 is 7.37 Å². The highest BCUT2D eigenvalue weighted by atomic mass is 31.2. The third-order valence-electron chi connectivity index (χ3n) is 5.51. The third kappa shape index (κ3) is 5.92. The highest BCUT2D eigenvalue weighted by Gasteiger charge is 2.40. The number of nitrogens with one attached hydrogen (secondary N) is 1. The van der Waals surface area contributed by atoms with E-state index in [9.17, 15) is 4.57 Å². The van der Waals surface area contributed by atoms with E-state index in [1.165, 1.54) is 0 Å². The maximum absolute atomic E-state index is 15.0. The highest BCUT2D eigenvalue weighted by molar-refractivity contribution is 7.67. The minimum atomic E-state index is -3.54. The number of hydrogen-bond acceptors (Lipinski definition) is 7. The Morgan fingerprint density at radius 1 is 0.829 bits per heavy atom. The highest BCUT2D eigenvalue weighted by Crippen LogP contribution is 2.61. The number of hydrogen-bond donors (Lipinski definition) is 1. The van der Waals surface area contributed by atoms with Gasteiger partial charge in [0.15, 0.2) is 11.5 Å². The van der Waals surface area contributed by atoms with E-state index in [4.69, 9.17) is 18.7 Å². The predicted molar refractivity (Wildman–Crippen MR) is 143 cm³/mol. The van der Waals surface area contributed by atoms with E-state index in [1.54, 1.807) is 21.3 Å². The molecule has 7 nitrogen and oxygen atoms in total. The Morgan fingerprint density at radius 3 is 1.86 bits per heavy atom. The van der Waals surface area contributed by atoms with Crippen molar-refractivity contribution in [2.24, 2.45) is 0 Å². The minimum absolute atomic E-state index is 0.281. The van der Waals surface area contributed by atoms with Crippen LogP contribution in [0.2, 0.25) is 0 Å². The molecule has 188 valence electrons. The zero-order valence-corrected chi connectivity index (χ0v) is 22.3. The fraction of sp³-hybridized carbons (Fsp3) is 0.333. The summed E-state index contributed by atoms with van der Waals surface area (Å²) < 4.78 is 37.9. The smallest absolute Gasteiger partial charge is 0.258 e. The first kappa shape index (κ1) is 26.5. The molecule has 0 unspecified atom stereocenters. The van der Waals surface area contributed by atoms with E-state index in [1.807, 2.05) is 99.6 Å². The van der Waals surface area contributed by atoms with Crippen LogP contribution in [0.3, 0.4) is 0 Å². The lowest BCUT2D eigenvalue weighted by molar-refractivity contribution is 0.245. The first-order valence-electron chi connectivity index (χ1n) is 11.4. The Labute approximate surface area is 208 Å². The van der Waals surface area contributed by atoms with E-state index in [-0.39, 0.29) is 6.10 Å². The van der Waals surface area contributed by atoms with E-state index >= 15 is 0 Å². The maximum Gasteiger partial charge on any atom is 0.258 e. The van der Waals surface area contributed by atoms with E-state index < -0.39 is 13.2 Å². The summed E-state index contributed by atoms with van der Waals surface area (Å²) in [6, 6.07) is 20.9. The van der Waals surface area contributed by atoms with Crippen LogP contribution in [0.1, 0.15) is 25.2 Å². The van der Waals surface area contributed by atoms with Crippen molar-refractivity contribution in [3.05, 3.63) is 72.3 Å². The van der Waals surface area contributed by atoms with Crippen molar-refractivity contribution >= 4 is 24.0 Å². The van der Waals surface area contributed by atoms with E-state index in [2.05, 4.69) is 5.32 Å². The molecule has 0 saturated carbocycles. The average molecular weight is 499 g/mol. The Balaban J connectivity index is 2.25. The van der Waals surface area contributed by atoms with Crippen LogP contribution in [0.4, 0.5) is 11.4 Å². The first-order valence-corrected chi connectivity index (χ1v) is 13.1. The van der Waals surface area contributed by atoms with Gasteiger partial charge in [-0.15, -0.1) is 0 Å². The number of ether oxygens (including phenoxy) is 3. The van der Waals surface area contributed by atoms with Crippen LogP contribution in [-0.2, 0) is 9.09 Å². The second-order valence-corrected chi connectivity index (χ2v) is 11.0. The third-order valence-corrected chi connectivity index (χ3v) is 8.37. The van der Waals surface area contributed by atoms with Gasteiger partial charge in [0.25, 0.3) is 7.37 Å². The van der Waals surface area contributed by atoms with Gasteiger partial charge >= 0.3 is 0 Å². The molecule has 3 aromatic carbocycles. The molecule has 0 heterocycles. The molecule has 0 saturated heterocycles. The van der Waals surface area contributed by atoms with Crippen molar-refractivity contribution in [1.29, 1.82) is 0 Å². The van der Waals surface area contributed by atoms with Crippen molar-refractivity contribution in [2.45, 2.75) is 25.7 Å². The molecule has 3 aromatic rings. The maximum atomic E-state index is 15.0. The molecule has 3 rings (SSSR count). The lowest BCUT2D eigenvalue weighted by atomic mass is 10.1. The predicted octanol–water partition coefficient (Wildman–Crippen LogP) is 5.92. The SMILES string of the molecule is COc1cc([C@H](Nc2ccccc2)[P@](=O)(OC(C)C)c2ccc(N(C)C)cc2)cc(OC)c1OC. The molecule has 35 heavy (non-hydrogen) atoms. The Bertz CT molecular complexity index is 1120. The van der Waals surface area contributed by atoms with Crippen LogP contribution in [0.15, 0.2) is 66.7 Å². The average Bonchev–Trinajstić information content (AvgIpc) is 2.86. The molecule has 0 aliphatic carbocycles. The Hall–Kier alpha value is -3.15. The summed E-state index contributed by atoms with van der Waals surface area (Å²) in [5.74, 6) is 0.680. The van der Waals surface area contributed by atoms with Gasteiger partial charge in [0, 0.05) is 30.8 Å². The molecule has 0 aliphatic heterocycles. The molecule has 0 aliphatic rings. The molecule has 1 N–H and O–H groups in total. The van der Waals surface area contributed by atoms with Crippen molar-refractivity contribution < 1.29 is 23.3 Å².